The van der Waals surface area contributed by atoms with Crippen LogP contribution in [0.1, 0.15) is 27.2 Å². The highest BCUT2D eigenvalue weighted by Crippen LogP contribution is 2.34. The molecular formula is C16H23FNO3Si. The monoisotopic (exact) mass is 324 g/mol. The molecule has 2 atom stereocenters. The number of amides is 1. The SMILES string of the molecule is C[Si](C)OC(CC1Oc2ccc(F)cc2NC1=O)C(C)(C)C. The zero-order valence-electron chi connectivity index (χ0n) is 13.7. The minimum atomic E-state index is -0.885. The van der Waals surface area contributed by atoms with Crippen molar-refractivity contribution in [2.24, 2.45) is 5.41 Å². The normalized spacial score (nSPS) is 19.4. The number of ether oxygens (including phenoxy) is 1. The Kier molecular flexibility index (Phi) is 4.92. The van der Waals surface area contributed by atoms with E-state index in [0.29, 0.717) is 17.9 Å². The Labute approximate surface area is 132 Å². The predicted molar refractivity (Wildman–Crippen MR) is 85.9 cm³/mol. The van der Waals surface area contributed by atoms with Crippen LogP contribution in [-0.2, 0) is 9.22 Å². The molecule has 0 saturated carbocycles. The molecule has 0 aromatic heterocycles. The molecule has 1 aromatic carbocycles. The lowest BCUT2D eigenvalue weighted by Gasteiger charge is -2.36. The number of hydrogen-bond acceptors (Lipinski definition) is 3. The van der Waals surface area contributed by atoms with Crippen LogP contribution < -0.4 is 10.1 Å². The second-order valence-corrected chi connectivity index (χ2v) is 8.90. The molecule has 6 heteroatoms. The first kappa shape index (κ1) is 17.0. The molecule has 1 amide bonds. The molecule has 1 aliphatic heterocycles. The highest BCUT2D eigenvalue weighted by molar-refractivity contribution is 6.48. The van der Waals surface area contributed by atoms with Crippen LogP contribution in [0.5, 0.6) is 5.75 Å². The van der Waals surface area contributed by atoms with Gasteiger partial charge in [-0.25, -0.2) is 4.39 Å². The van der Waals surface area contributed by atoms with E-state index in [4.69, 9.17) is 9.16 Å². The van der Waals surface area contributed by atoms with Gasteiger partial charge >= 0.3 is 0 Å². The molecule has 1 heterocycles. The van der Waals surface area contributed by atoms with E-state index in [1.54, 1.807) is 6.07 Å². The Bertz CT molecular complexity index is 557. The van der Waals surface area contributed by atoms with Crippen molar-refractivity contribution >= 4 is 20.6 Å². The van der Waals surface area contributed by atoms with E-state index in [9.17, 15) is 9.18 Å². The topological polar surface area (TPSA) is 47.6 Å². The minimum Gasteiger partial charge on any atom is -0.478 e. The van der Waals surface area contributed by atoms with E-state index in [0.717, 1.165) is 0 Å². The fourth-order valence-corrected chi connectivity index (χ4v) is 3.35. The molecule has 1 radical (unpaired) electrons. The van der Waals surface area contributed by atoms with Crippen molar-refractivity contribution in [3.05, 3.63) is 24.0 Å². The highest BCUT2D eigenvalue weighted by atomic mass is 28.3. The fourth-order valence-electron chi connectivity index (χ4n) is 2.34. The van der Waals surface area contributed by atoms with Gasteiger partial charge in [-0.2, -0.15) is 0 Å². The number of fused-ring (bicyclic) bond motifs is 1. The first-order valence-electron chi connectivity index (χ1n) is 7.40. The third-order valence-corrected chi connectivity index (χ3v) is 4.29. The second-order valence-electron chi connectivity index (χ2n) is 6.85. The highest BCUT2D eigenvalue weighted by Gasteiger charge is 2.35. The van der Waals surface area contributed by atoms with Crippen LogP contribution in [0.4, 0.5) is 10.1 Å². The van der Waals surface area contributed by atoms with E-state index >= 15 is 0 Å². The molecular weight excluding hydrogens is 301 g/mol. The molecule has 0 bridgehead atoms. The molecule has 4 nitrogen and oxygen atoms in total. The quantitative estimate of drug-likeness (QED) is 0.861. The van der Waals surface area contributed by atoms with Crippen LogP contribution in [0, 0.1) is 11.2 Å². The van der Waals surface area contributed by atoms with Gasteiger partial charge in [0, 0.05) is 12.5 Å². The number of nitrogens with one attached hydrogen (secondary N) is 1. The van der Waals surface area contributed by atoms with Gasteiger partial charge in [-0.3, -0.25) is 4.79 Å². The lowest BCUT2D eigenvalue weighted by atomic mass is 9.85. The number of benzene rings is 1. The second kappa shape index (κ2) is 6.38. The maximum atomic E-state index is 13.2. The summed E-state index contributed by atoms with van der Waals surface area (Å²) in [5.41, 5.74) is 0.291. The summed E-state index contributed by atoms with van der Waals surface area (Å²) in [6.45, 7) is 10.4. The van der Waals surface area contributed by atoms with Crippen molar-refractivity contribution in [2.45, 2.75) is 52.5 Å². The molecule has 121 valence electrons. The third kappa shape index (κ3) is 4.07. The first-order chi connectivity index (χ1) is 10.2. The van der Waals surface area contributed by atoms with Crippen molar-refractivity contribution in [1.82, 2.24) is 0 Å². The summed E-state index contributed by atoms with van der Waals surface area (Å²) in [7, 11) is -0.885. The van der Waals surface area contributed by atoms with Crippen molar-refractivity contribution in [3.63, 3.8) is 0 Å². The van der Waals surface area contributed by atoms with Crippen LogP contribution in [0.3, 0.4) is 0 Å². The summed E-state index contributed by atoms with van der Waals surface area (Å²) < 4.78 is 25.0. The molecule has 0 aliphatic carbocycles. The van der Waals surface area contributed by atoms with Gasteiger partial charge in [-0.15, -0.1) is 0 Å². The molecule has 1 N–H and O–H groups in total. The summed E-state index contributed by atoms with van der Waals surface area (Å²) in [6, 6.07) is 4.13. The number of carbonyl (C=O) groups is 1. The smallest absolute Gasteiger partial charge is 0.265 e. The Hall–Kier alpha value is -1.40. The van der Waals surface area contributed by atoms with Gasteiger partial charge < -0.3 is 14.5 Å². The van der Waals surface area contributed by atoms with Gasteiger partial charge in [0.05, 0.1) is 11.8 Å². The van der Waals surface area contributed by atoms with E-state index in [1.165, 1.54) is 12.1 Å². The number of hydrogen-bond donors (Lipinski definition) is 1. The summed E-state index contributed by atoms with van der Waals surface area (Å²) in [5, 5.41) is 2.71. The van der Waals surface area contributed by atoms with Crippen LogP contribution in [0.2, 0.25) is 13.1 Å². The van der Waals surface area contributed by atoms with Gasteiger partial charge in [0.2, 0.25) is 9.04 Å². The number of carbonyl (C=O) groups excluding carboxylic acids is 1. The zero-order valence-corrected chi connectivity index (χ0v) is 14.7. The van der Waals surface area contributed by atoms with Crippen molar-refractivity contribution in [3.8, 4) is 5.75 Å². The lowest BCUT2D eigenvalue weighted by molar-refractivity contribution is -0.125. The molecule has 0 spiro atoms. The van der Waals surface area contributed by atoms with Gasteiger partial charge in [0.1, 0.15) is 11.6 Å². The van der Waals surface area contributed by atoms with Gasteiger partial charge in [0.15, 0.2) is 6.10 Å². The average Bonchev–Trinajstić information content (AvgIpc) is 2.37. The van der Waals surface area contributed by atoms with Crippen molar-refractivity contribution in [2.75, 3.05) is 5.32 Å². The zero-order chi connectivity index (χ0) is 16.5. The largest absolute Gasteiger partial charge is 0.478 e. The summed E-state index contributed by atoms with van der Waals surface area (Å²) in [4.78, 5) is 12.2. The summed E-state index contributed by atoms with van der Waals surface area (Å²) in [5.74, 6) is -0.157. The van der Waals surface area contributed by atoms with Crippen LogP contribution in [0.25, 0.3) is 0 Å². The molecule has 2 rings (SSSR count). The number of halogens is 1. The number of rotatable bonds is 4. The molecule has 0 fully saturated rings. The molecule has 0 saturated heterocycles. The van der Waals surface area contributed by atoms with Crippen molar-refractivity contribution < 1.29 is 18.3 Å². The summed E-state index contributed by atoms with van der Waals surface area (Å²) in [6.07, 6.45) is -0.222. The maximum absolute atomic E-state index is 13.2. The molecule has 1 aliphatic rings. The fraction of sp³-hybridized carbons (Fsp3) is 0.562. The van der Waals surface area contributed by atoms with Gasteiger partial charge in [-0.05, 0) is 30.6 Å². The van der Waals surface area contributed by atoms with Crippen LogP contribution in [0.15, 0.2) is 18.2 Å². The standard InChI is InChI=1S/C16H23FNO3Si/c1-16(2,3)14(21-22(4)5)9-13-15(19)18-11-8-10(17)6-7-12(11)20-13/h6-8,13-14H,9H2,1-5H3,(H,18,19). The molecule has 1 aromatic rings. The summed E-state index contributed by atoms with van der Waals surface area (Å²) >= 11 is 0. The van der Waals surface area contributed by atoms with Gasteiger partial charge in [0.25, 0.3) is 5.91 Å². The lowest BCUT2D eigenvalue weighted by Crippen LogP contribution is -2.44. The number of anilines is 1. The Morgan fingerprint density at radius 3 is 2.68 bits per heavy atom. The molecule has 2 unspecified atom stereocenters. The van der Waals surface area contributed by atoms with E-state index in [2.05, 4.69) is 39.2 Å². The Balaban J connectivity index is 2.15. The minimum absolute atomic E-state index is 0.0749. The predicted octanol–water partition coefficient (Wildman–Crippen LogP) is 3.60. The van der Waals surface area contributed by atoms with E-state index in [1.807, 2.05) is 0 Å². The van der Waals surface area contributed by atoms with Crippen LogP contribution >= 0.6 is 0 Å². The molecule has 22 heavy (non-hydrogen) atoms. The van der Waals surface area contributed by atoms with Gasteiger partial charge in [-0.1, -0.05) is 20.8 Å². The van der Waals surface area contributed by atoms with Crippen molar-refractivity contribution in [1.29, 1.82) is 0 Å². The maximum Gasteiger partial charge on any atom is 0.265 e. The Morgan fingerprint density at radius 1 is 1.41 bits per heavy atom. The van der Waals surface area contributed by atoms with E-state index in [-0.39, 0.29) is 17.4 Å². The average molecular weight is 324 g/mol. The van der Waals surface area contributed by atoms with Crippen LogP contribution in [-0.4, -0.2) is 27.2 Å². The Morgan fingerprint density at radius 2 is 2.09 bits per heavy atom. The first-order valence-corrected chi connectivity index (χ1v) is 9.81. The van der Waals surface area contributed by atoms with E-state index < -0.39 is 21.0 Å². The third-order valence-electron chi connectivity index (χ3n) is 3.53.